The highest BCUT2D eigenvalue weighted by atomic mass is 35.5. The monoisotopic (exact) mass is 372 g/mol. The van der Waals surface area contributed by atoms with Crippen molar-refractivity contribution in [1.82, 2.24) is 9.97 Å². The van der Waals surface area contributed by atoms with E-state index >= 15 is 0 Å². The largest absolute Gasteiger partial charge is 0.496 e. The van der Waals surface area contributed by atoms with Gasteiger partial charge in [-0.2, -0.15) is 0 Å². The molecule has 0 amide bonds. The Balaban J connectivity index is 1.91. The van der Waals surface area contributed by atoms with Crippen LogP contribution in [0.25, 0.3) is 17.1 Å². The fourth-order valence-corrected chi connectivity index (χ4v) is 2.70. The van der Waals surface area contributed by atoms with Gasteiger partial charge in [-0.1, -0.05) is 11.6 Å². The van der Waals surface area contributed by atoms with Crippen LogP contribution in [-0.2, 0) is 0 Å². The lowest BCUT2D eigenvalue weighted by molar-refractivity contribution is 0.103. The first-order valence-corrected chi connectivity index (χ1v) is 8.11. The predicted octanol–water partition coefficient (Wildman–Crippen LogP) is 4.14. The number of imidazole rings is 1. The Hall–Kier alpha value is -2.99. The molecular weight excluding hydrogens is 356 g/mol. The molecule has 2 aromatic carbocycles. The molecule has 0 fully saturated rings. The van der Waals surface area contributed by atoms with Crippen molar-refractivity contribution in [3.63, 3.8) is 0 Å². The molecule has 0 atom stereocenters. The van der Waals surface area contributed by atoms with Gasteiger partial charge in [-0.05, 0) is 36.4 Å². The van der Waals surface area contributed by atoms with Gasteiger partial charge >= 0.3 is 0 Å². The van der Waals surface area contributed by atoms with Crippen LogP contribution >= 0.6 is 11.6 Å². The summed E-state index contributed by atoms with van der Waals surface area (Å²) < 4.78 is 15.9. The summed E-state index contributed by atoms with van der Waals surface area (Å²) in [5.41, 5.74) is 2.06. The summed E-state index contributed by atoms with van der Waals surface area (Å²) in [4.78, 5) is 19.7. The van der Waals surface area contributed by atoms with Gasteiger partial charge < -0.3 is 19.2 Å². The van der Waals surface area contributed by atoms with Crippen LogP contribution in [-0.4, -0.2) is 37.1 Å². The molecule has 3 rings (SSSR count). The Morgan fingerprint density at radius 2 is 1.73 bits per heavy atom. The molecule has 0 saturated carbocycles. The van der Waals surface area contributed by atoms with E-state index in [1.54, 1.807) is 57.7 Å². The van der Waals surface area contributed by atoms with Crippen LogP contribution in [0.3, 0.4) is 0 Å². The Bertz CT molecular complexity index is 995. The van der Waals surface area contributed by atoms with Crippen LogP contribution in [0.5, 0.6) is 17.2 Å². The van der Waals surface area contributed by atoms with E-state index in [9.17, 15) is 4.79 Å². The van der Waals surface area contributed by atoms with E-state index in [1.165, 1.54) is 6.08 Å². The zero-order chi connectivity index (χ0) is 18.7. The van der Waals surface area contributed by atoms with Crippen molar-refractivity contribution in [3.8, 4) is 17.2 Å². The Labute approximate surface area is 155 Å². The second-order valence-corrected chi connectivity index (χ2v) is 5.83. The Kier molecular flexibility index (Phi) is 5.14. The smallest absolute Gasteiger partial charge is 0.221 e. The van der Waals surface area contributed by atoms with Crippen molar-refractivity contribution in [2.24, 2.45) is 0 Å². The van der Waals surface area contributed by atoms with Gasteiger partial charge in [0.1, 0.15) is 5.75 Å². The van der Waals surface area contributed by atoms with Gasteiger partial charge in [0.05, 0.1) is 32.4 Å². The quantitative estimate of drug-likeness (QED) is 0.520. The fourth-order valence-electron chi connectivity index (χ4n) is 2.53. The zero-order valence-electron chi connectivity index (χ0n) is 14.5. The maximum Gasteiger partial charge on any atom is 0.221 e. The van der Waals surface area contributed by atoms with Gasteiger partial charge in [0.25, 0.3) is 0 Å². The van der Waals surface area contributed by atoms with E-state index in [0.29, 0.717) is 38.9 Å². The third-order valence-corrected chi connectivity index (χ3v) is 4.06. The van der Waals surface area contributed by atoms with Crippen molar-refractivity contribution in [2.45, 2.75) is 0 Å². The van der Waals surface area contributed by atoms with Gasteiger partial charge in [-0.25, -0.2) is 4.98 Å². The number of H-pyrrole nitrogens is 1. The second-order valence-electron chi connectivity index (χ2n) is 5.39. The number of ketones is 1. The molecule has 1 heterocycles. The predicted molar refractivity (Wildman–Crippen MR) is 101 cm³/mol. The SMILES string of the molecule is COc1cc(OC)c(OC)cc1/C=C/C(=O)c1nc2ccc(Cl)cc2[nH]1. The van der Waals surface area contributed by atoms with Gasteiger partial charge in [0, 0.05) is 16.7 Å². The molecule has 1 N–H and O–H groups in total. The summed E-state index contributed by atoms with van der Waals surface area (Å²) >= 11 is 5.95. The minimum Gasteiger partial charge on any atom is -0.496 e. The Morgan fingerprint density at radius 3 is 2.42 bits per heavy atom. The van der Waals surface area contributed by atoms with E-state index in [2.05, 4.69) is 9.97 Å². The lowest BCUT2D eigenvalue weighted by Crippen LogP contribution is -1.98. The molecule has 0 aliphatic carbocycles. The lowest BCUT2D eigenvalue weighted by Gasteiger charge is -2.11. The highest BCUT2D eigenvalue weighted by Crippen LogP contribution is 2.35. The number of rotatable bonds is 6. The van der Waals surface area contributed by atoms with E-state index in [-0.39, 0.29) is 11.6 Å². The van der Waals surface area contributed by atoms with Crippen molar-refractivity contribution < 1.29 is 19.0 Å². The summed E-state index contributed by atoms with van der Waals surface area (Å²) in [5, 5.41) is 0.575. The van der Waals surface area contributed by atoms with E-state index in [4.69, 9.17) is 25.8 Å². The summed E-state index contributed by atoms with van der Waals surface area (Å²) in [6.07, 6.45) is 3.06. The van der Waals surface area contributed by atoms with Crippen LogP contribution in [0.4, 0.5) is 0 Å². The molecular formula is C19H17ClN2O4. The van der Waals surface area contributed by atoms with E-state index in [1.807, 2.05) is 0 Å². The topological polar surface area (TPSA) is 73.4 Å². The van der Waals surface area contributed by atoms with Crippen molar-refractivity contribution in [3.05, 3.63) is 52.8 Å². The number of allylic oxidation sites excluding steroid dienone is 1. The van der Waals surface area contributed by atoms with Gasteiger partial charge in [0.2, 0.25) is 5.78 Å². The van der Waals surface area contributed by atoms with Gasteiger partial charge in [-0.15, -0.1) is 0 Å². The molecule has 0 aliphatic heterocycles. The third kappa shape index (κ3) is 3.50. The number of nitrogens with zero attached hydrogens (tertiary/aromatic N) is 1. The average Bonchev–Trinajstić information content (AvgIpc) is 3.08. The first kappa shape index (κ1) is 17.8. The number of ether oxygens (including phenoxy) is 3. The molecule has 26 heavy (non-hydrogen) atoms. The number of halogens is 1. The molecule has 0 radical (unpaired) electrons. The molecule has 0 bridgehead atoms. The molecule has 7 heteroatoms. The van der Waals surface area contributed by atoms with Crippen molar-refractivity contribution in [1.29, 1.82) is 0 Å². The number of nitrogens with one attached hydrogen (secondary N) is 1. The second kappa shape index (κ2) is 7.49. The molecule has 134 valence electrons. The third-order valence-electron chi connectivity index (χ3n) is 3.83. The number of methoxy groups -OCH3 is 3. The standard InChI is InChI=1S/C19H17ClN2O4/c1-24-16-10-18(26-3)17(25-2)8-11(16)4-7-15(23)19-21-13-6-5-12(20)9-14(13)22-19/h4-10H,1-3H3,(H,21,22)/b7-4+. The number of hydrogen-bond donors (Lipinski definition) is 1. The number of hydrogen-bond acceptors (Lipinski definition) is 5. The summed E-state index contributed by atoms with van der Waals surface area (Å²) in [5.74, 6) is 1.61. The normalized spacial score (nSPS) is 11.1. The first-order chi connectivity index (χ1) is 12.5. The maximum atomic E-state index is 12.4. The zero-order valence-corrected chi connectivity index (χ0v) is 15.3. The lowest BCUT2D eigenvalue weighted by atomic mass is 10.1. The van der Waals surface area contributed by atoms with Crippen LogP contribution in [0.2, 0.25) is 5.02 Å². The molecule has 1 aromatic heterocycles. The molecule has 0 aliphatic rings. The highest BCUT2D eigenvalue weighted by molar-refractivity contribution is 6.31. The molecule has 6 nitrogen and oxygen atoms in total. The average molecular weight is 373 g/mol. The number of aromatic nitrogens is 2. The summed E-state index contributed by atoms with van der Waals surface area (Å²) in [7, 11) is 4.63. The van der Waals surface area contributed by atoms with Crippen LogP contribution < -0.4 is 14.2 Å². The van der Waals surface area contributed by atoms with Crippen LogP contribution in [0, 0.1) is 0 Å². The molecule has 3 aromatic rings. The van der Waals surface area contributed by atoms with Crippen LogP contribution in [0.15, 0.2) is 36.4 Å². The minimum absolute atomic E-state index is 0.234. The highest BCUT2D eigenvalue weighted by Gasteiger charge is 2.12. The Morgan fingerprint density at radius 1 is 1.04 bits per heavy atom. The minimum atomic E-state index is -0.269. The summed E-state index contributed by atoms with van der Waals surface area (Å²) in [6, 6.07) is 8.64. The van der Waals surface area contributed by atoms with E-state index < -0.39 is 0 Å². The molecule has 0 spiro atoms. The number of aromatic amines is 1. The van der Waals surface area contributed by atoms with Gasteiger partial charge in [-0.3, -0.25) is 4.79 Å². The van der Waals surface area contributed by atoms with Crippen molar-refractivity contribution in [2.75, 3.05) is 21.3 Å². The van der Waals surface area contributed by atoms with Gasteiger partial charge in [0.15, 0.2) is 17.3 Å². The number of benzene rings is 2. The first-order valence-electron chi connectivity index (χ1n) is 7.73. The fraction of sp³-hybridized carbons (Fsp3) is 0.158. The van der Waals surface area contributed by atoms with E-state index in [0.717, 1.165) is 0 Å². The van der Waals surface area contributed by atoms with Crippen LogP contribution in [0.1, 0.15) is 16.2 Å². The maximum absolute atomic E-state index is 12.4. The van der Waals surface area contributed by atoms with Crippen molar-refractivity contribution >= 4 is 34.5 Å². The molecule has 0 unspecified atom stereocenters. The number of carbonyl (C=O) groups is 1. The number of carbonyl (C=O) groups excluding carboxylic acids is 1. The molecule has 0 saturated heterocycles. The number of fused-ring (bicyclic) bond motifs is 1. The summed E-state index contributed by atoms with van der Waals surface area (Å²) in [6.45, 7) is 0.